The van der Waals surface area contributed by atoms with Gasteiger partial charge >= 0.3 is 5.97 Å². The Bertz CT molecular complexity index is 1420. The summed E-state index contributed by atoms with van der Waals surface area (Å²) in [6, 6.07) is 5.14. The molecule has 0 saturated carbocycles. The van der Waals surface area contributed by atoms with Crippen LogP contribution < -0.4 is 0 Å². The zero-order valence-electron chi connectivity index (χ0n) is 23.6. The molecule has 4 N–H and O–H groups in total. The SMILES string of the molecule is CC[C@@]1(O)C[C@H](O[C@H]2C[C@H](N(C)C)[C@@H](O)[C@H](C)O2)c2c(cc3c(c2O)C(=O)c2c(O)cccc2C3=O)[C@H]1C(=O)OC. The number of rotatable bonds is 5. The Morgan fingerprint density at radius 2 is 1.85 bits per heavy atom. The van der Waals surface area contributed by atoms with Crippen LogP contribution in [0.1, 0.15) is 88.1 Å². The number of aliphatic hydroxyl groups excluding tert-OH is 1. The van der Waals surface area contributed by atoms with Crippen molar-refractivity contribution in [2.45, 2.75) is 75.3 Å². The first-order chi connectivity index (χ1) is 19.3. The fourth-order valence-electron chi connectivity index (χ4n) is 6.50. The average molecular weight is 570 g/mol. The van der Waals surface area contributed by atoms with Crippen molar-refractivity contribution in [3.63, 3.8) is 0 Å². The first-order valence-electron chi connectivity index (χ1n) is 13.6. The molecule has 11 heteroatoms. The Morgan fingerprint density at radius 3 is 2.49 bits per heavy atom. The minimum absolute atomic E-state index is 0.0382. The van der Waals surface area contributed by atoms with Gasteiger partial charge in [0.1, 0.15) is 17.4 Å². The van der Waals surface area contributed by atoms with E-state index in [-0.39, 0.29) is 58.7 Å². The molecule has 1 heterocycles. The number of methoxy groups -OCH3 is 1. The third-order valence-corrected chi connectivity index (χ3v) is 8.77. The molecule has 2 aromatic carbocycles. The van der Waals surface area contributed by atoms with Crippen molar-refractivity contribution in [1.82, 2.24) is 4.90 Å². The topological polar surface area (TPSA) is 163 Å². The Labute approximate surface area is 237 Å². The van der Waals surface area contributed by atoms with Gasteiger partial charge in [0.15, 0.2) is 12.1 Å². The smallest absolute Gasteiger partial charge is 0.316 e. The number of likely N-dealkylation sites (N-methyl/N-ethyl adjacent to an activating group) is 1. The zero-order valence-corrected chi connectivity index (χ0v) is 23.6. The van der Waals surface area contributed by atoms with Crippen molar-refractivity contribution in [3.05, 3.63) is 57.6 Å². The lowest BCUT2D eigenvalue weighted by Gasteiger charge is -2.46. The van der Waals surface area contributed by atoms with Crippen LogP contribution in [-0.2, 0) is 19.0 Å². The van der Waals surface area contributed by atoms with Gasteiger partial charge in [0.2, 0.25) is 5.78 Å². The van der Waals surface area contributed by atoms with Crippen LogP contribution in [0.15, 0.2) is 24.3 Å². The van der Waals surface area contributed by atoms with Crippen molar-refractivity contribution in [3.8, 4) is 11.5 Å². The normalized spacial score (nSPS) is 30.9. The second-order valence-corrected chi connectivity index (χ2v) is 11.3. The number of phenolic OH excluding ortho intramolecular Hbond substituents is 2. The second kappa shape index (κ2) is 10.5. The minimum Gasteiger partial charge on any atom is -0.507 e. The molecule has 2 aliphatic carbocycles. The molecule has 11 nitrogen and oxygen atoms in total. The minimum atomic E-state index is -1.69. The Hall–Kier alpha value is -3.35. The largest absolute Gasteiger partial charge is 0.507 e. The molecule has 0 aromatic heterocycles. The van der Waals surface area contributed by atoms with Gasteiger partial charge in [-0.2, -0.15) is 0 Å². The molecular formula is C30H35NO10. The molecule has 1 aliphatic heterocycles. The highest BCUT2D eigenvalue weighted by atomic mass is 16.7. The molecular weight excluding hydrogens is 534 g/mol. The van der Waals surface area contributed by atoms with Gasteiger partial charge in [-0.3, -0.25) is 14.4 Å². The van der Waals surface area contributed by atoms with E-state index < -0.39 is 65.2 Å². The molecule has 5 rings (SSSR count). The van der Waals surface area contributed by atoms with Gasteiger partial charge in [0.05, 0.1) is 42.1 Å². The lowest BCUT2D eigenvalue weighted by atomic mass is 9.67. The maximum absolute atomic E-state index is 13.6. The van der Waals surface area contributed by atoms with Crippen LogP contribution >= 0.6 is 0 Å². The summed E-state index contributed by atoms with van der Waals surface area (Å²) in [5.74, 6) is -4.42. The van der Waals surface area contributed by atoms with E-state index in [0.29, 0.717) is 0 Å². The molecule has 3 aliphatic rings. The predicted octanol–water partition coefficient (Wildman–Crippen LogP) is 2.16. The van der Waals surface area contributed by atoms with Gasteiger partial charge in [0.25, 0.3) is 0 Å². The van der Waals surface area contributed by atoms with Gasteiger partial charge in [-0.15, -0.1) is 0 Å². The molecule has 0 radical (unpaired) electrons. The fraction of sp³-hybridized carbons (Fsp3) is 0.500. The summed E-state index contributed by atoms with van der Waals surface area (Å²) in [5, 5.41) is 44.5. The van der Waals surface area contributed by atoms with Crippen molar-refractivity contribution in [2.24, 2.45) is 0 Å². The highest BCUT2D eigenvalue weighted by Gasteiger charge is 2.53. The molecule has 0 spiro atoms. The van der Waals surface area contributed by atoms with E-state index in [1.165, 1.54) is 31.4 Å². The van der Waals surface area contributed by atoms with Crippen LogP contribution in [0.5, 0.6) is 11.5 Å². The van der Waals surface area contributed by atoms with Gasteiger partial charge in [-0.05, 0) is 45.1 Å². The van der Waals surface area contributed by atoms with Crippen LogP contribution in [0.4, 0.5) is 0 Å². The van der Waals surface area contributed by atoms with Crippen LogP contribution in [0, 0.1) is 0 Å². The van der Waals surface area contributed by atoms with Gasteiger partial charge < -0.3 is 39.5 Å². The van der Waals surface area contributed by atoms with Gasteiger partial charge in [0, 0.05) is 35.6 Å². The summed E-state index contributed by atoms with van der Waals surface area (Å²) in [4.78, 5) is 42.1. The van der Waals surface area contributed by atoms with Crippen LogP contribution in [0.3, 0.4) is 0 Å². The number of fused-ring (bicyclic) bond motifs is 3. The number of ketones is 2. The number of hydrogen-bond donors (Lipinski definition) is 4. The number of benzene rings is 2. The lowest BCUT2D eigenvalue weighted by Crippen LogP contribution is -2.54. The predicted molar refractivity (Wildman–Crippen MR) is 144 cm³/mol. The van der Waals surface area contributed by atoms with Crippen molar-refractivity contribution < 1.29 is 49.0 Å². The van der Waals surface area contributed by atoms with E-state index in [1.54, 1.807) is 13.8 Å². The standard InChI is InChI=1S/C30H35NO10/c1-6-30(38)12-19(41-20-11-17(31(3)4)25(33)13(2)40-20)22-15(24(30)29(37)39-5)10-16-23(28(22)36)27(35)21-14(26(16)34)8-7-9-18(21)32/h7-10,13,17,19-20,24-25,32-33,36,38H,6,11-12H2,1-5H3/t13-,17-,19-,20-,24-,25-,30+/m0/s1. The van der Waals surface area contributed by atoms with E-state index in [0.717, 1.165) is 0 Å². The van der Waals surface area contributed by atoms with Crippen molar-refractivity contribution >= 4 is 17.5 Å². The quantitative estimate of drug-likeness (QED) is 0.333. The summed E-state index contributed by atoms with van der Waals surface area (Å²) in [7, 11) is 4.82. The molecule has 7 atom stereocenters. The van der Waals surface area contributed by atoms with E-state index >= 15 is 0 Å². The highest BCUT2D eigenvalue weighted by molar-refractivity contribution is 6.30. The monoisotopic (exact) mass is 569 g/mol. The molecule has 0 amide bonds. The first-order valence-corrected chi connectivity index (χ1v) is 13.6. The average Bonchev–Trinajstić information content (AvgIpc) is 2.92. The molecule has 2 aromatic rings. The third kappa shape index (κ3) is 4.52. The summed E-state index contributed by atoms with van der Waals surface area (Å²) in [6.07, 6.45) is -3.09. The number of carbonyl (C=O) groups excluding carboxylic acids is 3. The van der Waals surface area contributed by atoms with Crippen LogP contribution in [0.25, 0.3) is 0 Å². The Kier molecular flexibility index (Phi) is 7.46. The maximum Gasteiger partial charge on any atom is 0.316 e. The number of hydrogen-bond acceptors (Lipinski definition) is 11. The summed E-state index contributed by atoms with van der Waals surface area (Å²) in [5.41, 5.74) is -2.27. The number of aliphatic hydroxyl groups is 2. The fourth-order valence-corrected chi connectivity index (χ4v) is 6.50. The third-order valence-electron chi connectivity index (χ3n) is 8.77. The number of phenols is 2. The Balaban J connectivity index is 1.69. The number of aromatic hydroxyl groups is 2. The van der Waals surface area contributed by atoms with E-state index in [1.807, 2.05) is 19.0 Å². The molecule has 41 heavy (non-hydrogen) atoms. The van der Waals surface area contributed by atoms with E-state index in [2.05, 4.69) is 0 Å². The van der Waals surface area contributed by atoms with Gasteiger partial charge in [-0.1, -0.05) is 19.1 Å². The first kappa shape index (κ1) is 29.2. The summed E-state index contributed by atoms with van der Waals surface area (Å²) >= 11 is 0. The molecule has 0 bridgehead atoms. The molecule has 1 fully saturated rings. The molecule has 1 saturated heterocycles. The van der Waals surface area contributed by atoms with Gasteiger partial charge in [-0.25, -0.2) is 0 Å². The van der Waals surface area contributed by atoms with Crippen LogP contribution in [-0.4, -0.2) is 94.2 Å². The number of carbonyl (C=O) groups is 3. The number of esters is 1. The van der Waals surface area contributed by atoms with E-state index in [9.17, 15) is 34.8 Å². The van der Waals surface area contributed by atoms with E-state index in [4.69, 9.17) is 14.2 Å². The van der Waals surface area contributed by atoms with Crippen LogP contribution in [0.2, 0.25) is 0 Å². The maximum atomic E-state index is 13.6. The summed E-state index contributed by atoms with van der Waals surface area (Å²) < 4.78 is 17.3. The number of ether oxygens (including phenoxy) is 3. The number of nitrogens with zero attached hydrogens (tertiary/aromatic N) is 1. The second-order valence-electron chi connectivity index (χ2n) is 11.3. The van der Waals surface area contributed by atoms with Crippen molar-refractivity contribution in [1.29, 1.82) is 0 Å². The lowest BCUT2D eigenvalue weighted by molar-refractivity contribution is -0.258. The summed E-state index contributed by atoms with van der Waals surface area (Å²) in [6.45, 7) is 3.41. The van der Waals surface area contributed by atoms with Crippen molar-refractivity contribution in [2.75, 3.05) is 21.2 Å². The highest BCUT2D eigenvalue weighted by Crippen LogP contribution is 2.54. The molecule has 0 unspecified atom stereocenters. The Morgan fingerprint density at radius 1 is 1.15 bits per heavy atom. The molecule has 220 valence electrons. The zero-order chi connectivity index (χ0) is 30.0.